The molecule has 1 amide bonds. The molecular formula is C8H11N3O3. The Hall–Kier alpha value is -1.85. The number of carboxylic acids is 1. The molecule has 0 aliphatic carbocycles. The summed E-state index contributed by atoms with van der Waals surface area (Å²) < 4.78 is 1.42. The smallest absolute Gasteiger partial charge is 0.325 e. The zero-order valence-corrected chi connectivity index (χ0v) is 7.67. The van der Waals surface area contributed by atoms with Crippen molar-refractivity contribution < 1.29 is 14.7 Å². The van der Waals surface area contributed by atoms with E-state index in [0.717, 1.165) is 0 Å². The van der Waals surface area contributed by atoms with Crippen molar-refractivity contribution in [3.8, 4) is 0 Å². The highest BCUT2D eigenvalue weighted by atomic mass is 16.4. The number of rotatable bonds is 4. The molecule has 6 nitrogen and oxygen atoms in total. The molecule has 1 aromatic heterocycles. The molecule has 0 saturated heterocycles. The summed E-state index contributed by atoms with van der Waals surface area (Å²) in [5, 5.41) is 14.7. The second-order valence-electron chi connectivity index (χ2n) is 2.83. The Morgan fingerprint density at radius 1 is 1.64 bits per heavy atom. The normalized spacial score (nSPS) is 12.1. The third-order valence-electron chi connectivity index (χ3n) is 1.61. The van der Waals surface area contributed by atoms with Crippen molar-refractivity contribution in [3.63, 3.8) is 0 Å². The summed E-state index contributed by atoms with van der Waals surface area (Å²) in [6.07, 6.45) is 3.18. The summed E-state index contributed by atoms with van der Waals surface area (Å²) in [4.78, 5) is 21.6. The first-order chi connectivity index (χ1) is 6.59. The largest absolute Gasteiger partial charge is 0.480 e. The Labute approximate surface area is 80.5 Å². The number of nitrogens with one attached hydrogen (secondary N) is 1. The van der Waals surface area contributed by atoms with Crippen LogP contribution in [0.25, 0.3) is 0 Å². The summed E-state index contributed by atoms with van der Waals surface area (Å²) >= 11 is 0. The fraction of sp³-hybridized carbons (Fsp3) is 0.375. The van der Waals surface area contributed by atoms with Gasteiger partial charge >= 0.3 is 5.97 Å². The standard InChI is InChI=1S/C8H11N3O3/c1-6(8(13)14)10-7(12)5-11-4-2-3-9-11/h2-4,6H,5H2,1H3,(H,10,12)(H,13,14)/t6-/m1/s1. The quantitative estimate of drug-likeness (QED) is 0.679. The number of amides is 1. The van der Waals surface area contributed by atoms with Gasteiger partial charge in [-0.05, 0) is 13.0 Å². The highest BCUT2D eigenvalue weighted by molar-refractivity contribution is 5.82. The third kappa shape index (κ3) is 2.89. The van der Waals surface area contributed by atoms with Crippen molar-refractivity contribution in [1.29, 1.82) is 0 Å². The highest BCUT2D eigenvalue weighted by Crippen LogP contribution is 1.86. The molecule has 1 aromatic rings. The molecule has 6 heteroatoms. The van der Waals surface area contributed by atoms with Crippen LogP contribution in [0.4, 0.5) is 0 Å². The Kier molecular flexibility index (Phi) is 3.22. The summed E-state index contributed by atoms with van der Waals surface area (Å²) in [6, 6.07) is 0.812. The molecule has 76 valence electrons. The minimum Gasteiger partial charge on any atom is -0.480 e. The van der Waals surface area contributed by atoms with Gasteiger partial charge in [0.05, 0.1) is 0 Å². The van der Waals surface area contributed by atoms with Gasteiger partial charge in [0, 0.05) is 12.4 Å². The van der Waals surface area contributed by atoms with Crippen LogP contribution in [0, 0.1) is 0 Å². The molecule has 2 N–H and O–H groups in total. The molecule has 0 saturated carbocycles. The van der Waals surface area contributed by atoms with Crippen molar-refractivity contribution >= 4 is 11.9 Å². The van der Waals surface area contributed by atoms with Gasteiger partial charge in [-0.15, -0.1) is 0 Å². The van der Waals surface area contributed by atoms with Crippen molar-refractivity contribution in [1.82, 2.24) is 15.1 Å². The van der Waals surface area contributed by atoms with Crippen LogP contribution in [0.15, 0.2) is 18.5 Å². The van der Waals surface area contributed by atoms with Gasteiger partial charge in [0.15, 0.2) is 0 Å². The average Bonchev–Trinajstić information content (AvgIpc) is 2.56. The van der Waals surface area contributed by atoms with Gasteiger partial charge < -0.3 is 10.4 Å². The molecule has 1 atom stereocenters. The van der Waals surface area contributed by atoms with E-state index in [-0.39, 0.29) is 12.5 Å². The number of aromatic nitrogens is 2. The summed E-state index contributed by atoms with van der Waals surface area (Å²) in [6.45, 7) is 1.44. The molecule has 0 aliphatic heterocycles. The third-order valence-corrected chi connectivity index (χ3v) is 1.61. The van der Waals surface area contributed by atoms with E-state index in [0.29, 0.717) is 0 Å². The maximum atomic E-state index is 11.2. The molecule has 0 bridgehead atoms. The predicted octanol–water partition coefficient (Wildman–Crippen LogP) is -0.528. The Morgan fingerprint density at radius 2 is 2.36 bits per heavy atom. The summed E-state index contributed by atoms with van der Waals surface area (Å²) in [7, 11) is 0. The number of carbonyl (C=O) groups is 2. The van der Waals surface area contributed by atoms with Crippen molar-refractivity contribution in [2.45, 2.75) is 19.5 Å². The van der Waals surface area contributed by atoms with E-state index < -0.39 is 12.0 Å². The van der Waals surface area contributed by atoms with Gasteiger partial charge in [-0.25, -0.2) is 0 Å². The molecule has 14 heavy (non-hydrogen) atoms. The first-order valence-electron chi connectivity index (χ1n) is 4.09. The second-order valence-corrected chi connectivity index (χ2v) is 2.83. The van der Waals surface area contributed by atoms with E-state index in [1.54, 1.807) is 18.5 Å². The van der Waals surface area contributed by atoms with Crippen LogP contribution in [0.1, 0.15) is 6.92 Å². The minimum absolute atomic E-state index is 0.0324. The van der Waals surface area contributed by atoms with E-state index >= 15 is 0 Å². The fourth-order valence-electron chi connectivity index (χ4n) is 0.890. The number of aliphatic carboxylic acids is 1. The lowest BCUT2D eigenvalue weighted by atomic mass is 10.3. The number of carboxylic acid groups (broad SMARTS) is 1. The first-order valence-corrected chi connectivity index (χ1v) is 4.09. The summed E-state index contributed by atoms with van der Waals surface area (Å²) in [5.74, 6) is -1.43. The SMILES string of the molecule is C[C@@H](NC(=O)Cn1cccn1)C(=O)O. The van der Waals surface area contributed by atoms with Crippen LogP contribution < -0.4 is 5.32 Å². The number of nitrogens with zero attached hydrogens (tertiary/aromatic N) is 2. The fourth-order valence-corrected chi connectivity index (χ4v) is 0.890. The molecule has 1 heterocycles. The maximum Gasteiger partial charge on any atom is 0.325 e. The first kappa shape index (κ1) is 10.2. The predicted molar refractivity (Wildman–Crippen MR) is 47.5 cm³/mol. The highest BCUT2D eigenvalue weighted by Gasteiger charge is 2.13. The van der Waals surface area contributed by atoms with Crippen LogP contribution in [-0.2, 0) is 16.1 Å². The van der Waals surface area contributed by atoms with Crippen molar-refractivity contribution in [2.75, 3.05) is 0 Å². The van der Waals surface area contributed by atoms with Crippen molar-refractivity contribution in [2.24, 2.45) is 0 Å². The molecule has 0 fully saturated rings. The van der Waals surface area contributed by atoms with Crippen LogP contribution >= 0.6 is 0 Å². The van der Waals surface area contributed by atoms with Crippen LogP contribution in [0.2, 0.25) is 0 Å². The van der Waals surface area contributed by atoms with E-state index in [9.17, 15) is 9.59 Å². The second kappa shape index (κ2) is 4.40. The molecule has 1 rings (SSSR count). The molecule has 0 unspecified atom stereocenters. The molecular weight excluding hydrogens is 186 g/mol. The van der Waals surface area contributed by atoms with E-state index in [2.05, 4.69) is 10.4 Å². The Bertz CT molecular complexity index is 321. The molecule has 0 aromatic carbocycles. The molecule has 0 aliphatic rings. The van der Waals surface area contributed by atoms with Gasteiger partial charge in [0.2, 0.25) is 5.91 Å². The Balaban J connectivity index is 2.40. The lowest BCUT2D eigenvalue weighted by molar-refractivity contribution is -0.141. The zero-order chi connectivity index (χ0) is 10.6. The molecule has 0 spiro atoms. The lowest BCUT2D eigenvalue weighted by Gasteiger charge is -2.08. The van der Waals surface area contributed by atoms with Gasteiger partial charge in [0.25, 0.3) is 0 Å². The van der Waals surface area contributed by atoms with E-state index in [1.165, 1.54) is 11.6 Å². The monoisotopic (exact) mass is 197 g/mol. The minimum atomic E-state index is -1.06. The van der Waals surface area contributed by atoms with E-state index in [1.807, 2.05) is 0 Å². The van der Waals surface area contributed by atoms with Gasteiger partial charge in [-0.1, -0.05) is 0 Å². The van der Waals surface area contributed by atoms with Crippen LogP contribution in [-0.4, -0.2) is 32.8 Å². The molecule has 0 radical (unpaired) electrons. The summed E-state index contributed by atoms with van der Waals surface area (Å²) in [5.41, 5.74) is 0. The van der Waals surface area contributed by atoms with Crippen LogP contribution in [0.5, 0.6) is 0 Å². The number of hydrogen-bond acceptors (Lipinski definition) is 3. The average molecular weight is 197 g/mol. The zero-order valence-electron chi connectivity index (χ0n) is 7.67. The van der Waals surface area contributed by atoms with Crippen LogP contribution in [0.3, 0.4) is 0 Å². The van der Waals surface area contributed by atoms with Gasteiger partial charge in [-0.3, -0.25) is 14.3 Å². The van der Waals surface area contributed by atoms with Gasteiger partial charge in [-0.2, -0.15) is 5.10 Å². The topological polar surface area (TPSA) is 84.2 Å². The maximum absolute atomic E-state index is 11.2. The van der Waals surface area contributed by atoms with E-state index in [4.69, 9.17) is 5.11 Å². The Morgan fingerprint density at radius 3 is 2.86 bits per heavy atom. The number of carbonyl (C=O) groups excluding carboxylic acids is 1. The van der Waals surface area contributed by atoms with Gasteiger partial charge in [0.1, 0.15) is 12.6 Å². The lowest BCUT2D eigenvalue weighted by Crippen LogP contribution is -2.40. The van der Waals surface area contributed by atoms with Crippen molar-refractivity contribution in [3.05, 3.63) is 18.5 Å². The number of hydrogen-bond donors (Lipinski definition) is 2.